The number of hydrogen-bond acceptors (Lipinski definition) is 2. The lowest BCUT2D eigenvalue weighted by atomic mass is 10.0. The zero-order chi connectivity index (χ0) is 12.9. The molecule has 0 aromatic carbocycles. The van der Waals surface area contributed by atoms with E-state index in [1.807, 2.05) is 0 Å². The number of hydrogen-bond donors (Lipinski definition) is 1. The summed E-state index contributed by atoms with van der Waals surface area (Å²) in [5.41, 5.74) is 0. The van der Waals surface area contributed by atoms with Gasteiger partial charge in [-0.3, -0.25) is 4.79 Å². The van der Waals surface area contributed by atoms with Crippen LogP contribution in [0.1, 0.15) is 77.6 Å². The van der Waals surface area contributed by atoms with Crippen molar-refractivity contribution in [3.8, 4) is 0 Å². The number of rotatable bonds is 12. The van der Waals surface area contributed by atoms with Crippen molar-refractivity contribution < 1.29 is 9.90 Å². The molecule has 1 atom stereocenters. The maximum Gasteiger partial charge on any atom is 0.135 e. The second-order valence-corrected chi connectivity index (χ2v) is 4.91. The first-order valence-corrected chi connectivity index (χ1v) is 7.19. The van der Waals surface area contributed by atoms with E-state index in [2.05, 4.69) is 13.8 Å². The molecule has 0 fully saturated rings. The Morgan fingerprint density at radius 3 is 2.47 bits per heavy atom. The molecule has 0 bridgehead atoms. The number of ketones is 1. The van der Waals surface area contributed by atoms with Gasteiger partial charge in [-0.05, 0) is 12.8 Å². The van der Waals surface area contributed by atoms with Gasteiger partial charge in [0.25, 0.3) is 0 Å². The van der Waals surface area contributed by atoms with Gasteiger partial charge in [0.15, 0.2) is 0 Å². The van der Waals surface area contributed by atoms with Gasteiger partial charge in [-0.15, -0.1) is 0 Å². The maximum absolute atomic E-state index is 11.5. The standard InChI is InChI=1S/C15H29O2/c1-3-5-7-8-10-12-15(17)13-14(16)11-9-6-4-2/h15,17H,2-13H2,1H3. The summed E-state index contributed by atoms with van der Waals surface area (Å²) in [6.07, 6.45) is 10.2. The van der Waals surface area contributed by atoms with Crippen LogP contribution in [0.5, 0.6) is 0 Å². The Hall–Kier alpha value is -0.370. The van der Waals surface area contributed by atoms with Crippen LogP contribution in [0, 0.1) is 6.92 Å². The van der Waals surface area contributed by atoms with Gasteiger partial charge in [0, 0.05) is 12.8 Å². The summed E-state index contributed by atoms with van der Waals surface area (Å²) < 4.78 is 0. The Kier molecular flexibility index (Phi) is 11.8. The molecule has 0 aromatic heterocycles. The molecule has 0 aliphatic heterocycles. The largest absolute Gasteiger partial charge is 0.393 e. The predicted molar refractivity (Wildman–Crippen MR) is 72.8 cm³/mol. The highest BCUT2D eigenvalue weighted by atomic mass is 16.3. The molecule has 0 spiro atoms. The van der Waals surface area contributed by atoms with Crippen molar-refractivity contribution in [3.63, 3.8) is 0 Å². The van der Waals surface area contributed by atoms with E-state index in [0.717, 1.165) is 32.1 Å². The van der Waals surface area contributed by atoms with Gasteiger partial charge in [0.1, 0.15) is 5.78 Å². The Morgan fingerprint density at radius 2 is 1.82 bits per heavy atom. The van der Waals surface area contributed by atoms with E-state index in [4.69, 9.17) is 0 Å². The lowest BCUT2D eigenvalue weighted by Gasteiger charge is -2.09. The highest BCUT2D eigenvalue weighted by molar-refractivity contribution is 5.78. The van der Waals surface area contributed by atoms with Crippen LogP contribution in [-0.2, 0) is 4.79 Å². The summed E-state index contributed by atoms with van der Waals surface area (Å²) in [6.45, 7) is 5.94. The molecule has 0 aliphatic rings. The van der Waals surface area contributed by atoms with Gasteiger partial charge < -0.3 is 5.11 Å². The van der Waals surface area contributed by atoms with Crippen LogP contribution in [0.4, 0.5) is 0 Å². The molecule has 2 nitrogen and oxygen atoms in total. The molecule has 0 saturated heterocycles. The van der Waals surface area contributed by atoms with Gasteiger partial charge in [0.05, 0.1) is 6.10 Å². The van der Waals surface area contributed by atoms with E-state index in [-0.39, 0.29) is 5.78 Å². The van der Waals surface area contributed by atoms with Crippen LogP contribution in [0.25, 0.3) is 0 Å². The summed E-state index contributed by atoms with van der Waals surface area (Å²) in [6, 6.07) is 0. The first kappa shape index (κ1) is 16.6. The van der Waals surface area contributed by atoms with Gasteiger partial charge in [-0.1, -0.05) is 58.8 Å². The number of aliphatic hydroxyl groups is 1. The van der Waals surface area contributed by atoms with Crippen molar-refractivity contribution >= 4 is 5.78 Å². The van der Waals surface area contributed by atoms with Crippen LogP contribution in [-0.4, -0.2) is 17.0 Å². The first-order valence-electron chi connectivity index (χ1n) is 7.19. The van der Waals surface area contributed by atoms with Crippen LogP contribution < -0.4 is 0 Å². The summed E-state index contributed by atoms with van der Waals surface area (Å²) in [5.74, 6) is 0.208. The van der Waals surface area contributed by atoms with Crippen LogP contribution in [0.3, 0.4) is 0 Å². The first-order chi connectivity index (χ1) is 8.20. The average molecular weight is 241 g/mol. The van der Waals surface area contributed by atoms with Crippen LogP contribution >= 0.6 is 0 Å². The number of Topliss-reactive ketones (excluding diaryl/α,β-unsaturated/α-hetero) is 1. The minimum Gasteiger partial charge on any atom is -0.393 e. The Labute approximate surface area is 107 Å². The zero-order valence-corrected chi connectivity index (χ0v) is 11.4. The van der Waals surface area contributed by atoms with E-state index in [1.165, 1.54) is 25.7 Å². The molecule has 1 radical (unpaired) electrons. The second-order valence-electron chi connectivity index (χ2n) is 4.91. The van der Waals surface area contributed by atoms with E-state index in [1.54, 1.807) is 0 Å². The van der Waals surface area contributed by atoms with Crippen LogP contribution in [0.2, 0.25) is 0 Å². The van der Waals surface area contributed by atoms with E-state index in [9.17, 15) is 9.90 Å². The lowest BCUT2D eigenvalue weighted by Crippen LogP contribution is -2.13. The average Bonchev–Trinajstić information content (AvgIpc) is 2.29. The molecule has 0 heterocycles. The maximum atomic E-state index is 11.5. The van der Waals surface area contributed by atoms with Crippen molar-refractivity contribution in [2.75, 3.05) is 0 Å². The Bertz CT molecular complexity index is 178. The molecular formula is C15H29O2. The molecule has 2 heteroatoms. The van der Waals surface area contributed by atoms with Gasteiger partial charge in [0.2, 0.25) is 0 Å². The Morgan fingerprint density at radius 1 is 1.12 bits per heavy atom. The quantitative estimate of drug-likeness (QED) is 0.523. The molecular weight excluding hydrogens is 212 g/mol. The molecule has 101 valence electrons. The molecule has 17 heavy (non-hydrogen) atoms. The minimum absolute atomic E-state index is 0.208. The zero-order valence-electron chi connectivity index (χ0n) is 11.4. The topological polar surface area (TPSA) is 37.3 Å². The fraction of sp³-hybridized carbons (Fsp3) is 0.867. The summed E-state index contributed by atoms with van der Waals surface area (Å²) >= 11 is 0. The summed E-state index contributed by atoms with van der Waals surface area (Å²) in [5, 5.41) is 9.70. The van der Waals surface area contributed by atoms with Crippen molar-refractivity contribution in [3.05, 3.63) is 6.92 Å². The lowest BCUT2D eigenvalue weighted by molar-refractivity contribution is -0.121. The third-order valence-corrected chi connectivity index (χ3v) is 3.06. The normalized spacial score (nSPS) is 12.6. The number of aliphatic hydroxyl groups excluding tert-OH is 1. The molecule has 1 N–H and O–H groups in total. The van der Waals surface area contributed by atoms with Gasteiger partial charge >= 0.3 is 0 Å². The molecule has 0 amide bonds. The molecule has 0 rings (SSSR count). The van der Waals surface area contributed by atoms with E-state index >= 15 is 0 Å². The molecule has 0 saturated carbocycles. The van der Waals surface area contributed by atoms with Crippen molar-refractivity contribution in [1.29, 1.82) is 0 Å². The summed E-state index contributed by atoms with van der Waals surface area (Å²) in [4.78, 5) is 11.5. The SMILES string of the molecule is [CH2]CCCCC(=O)CC(O)CCCCCCC. The fourth-order valence-electron chi connectivity index (χ4n) is 1.95. The molecule has 0 aliphatic carbocycles. The van der Waals surface area contributed by atoms with Crippen molar-refractivity contribution in [2.24, 2.45) is 0 Å². The van der Waals surface area contributed by atoms with E-state index in [0.29, 0.717) is 12.8 Å². The number of unbranched alkanes of at least 4 members (excludes halogenated alkanes) is 6. The monoisotopic (exact) mass is 241 g/mol. The molecule has 1 unspecified atom stereocenters. The molecule has 0 aromatic rings. The van der Waals surface area contributed by atoms with Crippen molar-refractivity contribution in [2.45, 2.75) is 83.7 Å². The third kappa shape index (κ3) is 11.9. The fourth-order valence-corrected chi connectivity index (χ4v) is 1.95. The smallest absolute Gasteiger partial charge is 0.135 e. The summed E-state index contributed by atoms with van der Waals surface area (Å²) in [7, 11) is 0. The number of carbonyl (C=O) groups is 1. The highest BCUT2D eigenvalue weighted by Crippen LogP contribution is 2.11. The minimum atomic E-state index is -0.413. The second kappa shape index (κ2) is 12.1. The van der Waals surface area contributed by atoms with Crippen molar-refractivity contribution in [1.82, 2.24) is 0 Å². The van der Waals surface area contributed by atoms with Gasteiger partial charge in [-0.2, -0.15) is 0 Å². The van der Waals surface area contributed by atoms with E-state index < -0.39 is 6.10 Å². The van der Waals surface area contributed by atoms with Gasteiger partial charge in [-0.25, -0.2) is 0 Å². The van der Waals surface area contributed by atoms with Crippen LogP contribution in [0.15, 0.2) is 0 Å². The number of carbonyl (C=O) groups excluding carboxylic acids is 1. The highest BCUT2D eigenvalue weighted by Gasteiger charge is 2.09. The predicted octanol–water partition coefficient (Wildman–Crippen LogP) is 4.06. The Balaban J connectivity index is 3.37. The third-order valence-electron chi connectivity index (χ3n) is 3.06.